The van der Waals surface area contributed by atoms with Gasteiger partial charge in [0.25, 0.3) is 0 Å². The van der Waals surface area contributed by atoms with E-state index < -0.39 is 0 Å². The summed E-state index contributed by atoms with van der Waals surface area (Å²) in [7, 11) is 0. The SMILES string of the molecule is CC(C)c1cccc(C(C)C)c1NC(=O)CN1C[C@@H](C)C[C@H](C)C1. The number of piperidine rings is 1. The Morgan fingerprint density at radius 2 is 1.58 bits per heavy atom. The number of nitrogens with one attached hydrogen (secondary N) is 1. The number of nitrogens with zero attached hydrogens (tertiary/aromatic N) is 1. The van der Waals surface area contributed by atoms with Crippen molar-refractivity contribution in [2.75, 3.05) is 25.0 Å². The molecule has 3 nitrogen and oxygen atoms in total. The van der Waals surface area contributed by atoms with Crippen molar-refractivity contribution in [1.82, 2.24) is 4.90 Å². The molecule has 1 N–H and O–H groups in total. The molecule has 2 rings (SSSR count). The van der Waals surface area contributed by atoms with Crippen LogP contribution in [0.2, 0.25) is 0 Å². The standard InChI is InChI=1S/C21H34N2O/c1-14(2)18-8-7-9-19(15(3)4)21(18)22-20(24)13-23-11-16(5)10-17(6)12-23/h7-9,14-17H,10-13H2,1-6H3,(H,22,24)/t16-,17-/m0/s1. The Labute approximate surface area is 147 Å². The quantitative estimate of drug-likeness (QED) is 0.837. The summed E-state index contributed by atoms with van der Waals surface area (Å²) < 4.78 is 0. The van der Waals surface area contributed by atoms with Crippen LogP contribution in [0.3, 0.4) is 0 Å². The van der Waals surface area contributed by atoms with Gasteiger partial charge in [-0.2, -0.15) is 0 Å². The third-order valence-electron chi connectivity index (χ3n) is 4.95. The molecule has 1 aromatic rings. The number of amides is 1. The third-order valence-corrected chi connectivity index (χ3v) is 4.95. The summed E-state index contributed by atoms with van der Waals surface area (Å²) in [5.41, 5.74) is 3.50. The molecule has 3 heteroatoms. The van der Waals surface area contributed by atoms with Gasteiger partial charge in [-0.05, 0) is 41.2 Å². The highest BCUT2D eigenvalue weighted by Gasteiger charge is 2.24. The predicted molar refractivity (Wildman–Crippen MR) is 103 cm³/mol. The van der Waals surface area contributed by atoms with Crippen LogP contribution in [0.15, 0.2) is 18.2 Å². The van der Waals surface area contributed by atoms with E-state index in [0.29, 0.717) is 30.2 Å². The van der Waals surface area contributed by atoms with Crippen molar-refractivity contribution >= 4 is 11.6 Å². The van der Waals surface area contributed by atoms with E-state index in [1.165, 1.54) is 17.5 Å². The lowest BCUT2D eigenvalue weighted by molar-refractivity contribution is -0.117. The molecular formula is C21H34N2O. The summed E-state index contributed by atoms with van der Waals surface area (Å²) >= 11 is 0. The first-order valence-electron chi connectivity index (χ1n) is 9.42. The summed E-state index contributed by atoms with van der Waals surface area (Å²) in [5, 5.41) is 3.24. The van der Waals surface area contributed by atoms with Gasteiger partial charge in [-0.15, -0.1) is 0 Å². The molecule has 134 valence electrons. The highest BCUT2D eigenvalue weighted by Crippen LogP contribution is 2.32. The topological polar surface area (TPSA) is 32.3 Å². The number of hydrogen-bond donors (Lipinski definition) is 1. The summed E-state index contributed by atoms with van der Waals surface area (Å²) in [5.74, 6) is 2.26. The smallest absolute Gasteiger partial charge is 0.238 e. The van der Waals surface area contributed by atoms with Gasteiger partial charge in [-0.3, -0.25) is 9.69 Å². The van der Waals surface area contributed by atoms with Gasteiger partial charge in [-0.25, -0.2) is 0 Å². The molecule has 1 aliphatic rings. The van der Waals surface area contributed by atoms with Crippen molar-refractivity contribution in [3.8, 4) is 0 Å². The van der Waals surface area contributed by atoms with Crippen LogP contribution in [-0.2, 0) is 4.79 Å². The summed E-state index contributed by atoms with van der Waals surface area (Å²) in [4.78, 5) is 15.0. The molecule has 1 saturated heterocycles. The number of hydrogen-bond acceptors (Lipinski definition) is 2. The number of likely N-dealkylation sites (tertiary alicyclic amines) is 1. The van der Waals surface area contributed by atoms with E-state index in [9.17, 15) is 4.79 Å². The Bertz CT molecular complexity index is 529. The van der Waals surface area contributed by atoms with Crippen LogP contribution in [0.25, 0.3) is 0 Å². The van der Waals surface area contributed by atoms with Gasteiger partial charge in [0, 0.05) is 18.8 Å². The highest BCUT2D eigenvalue weighted by molar-refractivity contribution is 5.94. The van der Waals surface area contributed by atoms with Crippen molar-refractivity contribution in [3.05, 3.63) is 29.3 Å². The van der Waals surface area contributed by atoms with Crippen molar-refractivity contribution < 1.29 is 4.79 Å². The Balaban J connectivity index is 2.13. The minimum atomic E-state index is 0.117. The Morgan fingerprint density at radius 1 is 1.08 bits per heavy atom. The van der Waals surface area contributed by atoms with Gasteiger partial charge in [0.2, 0.25) is 5.91 Å². The molecule has 0 spiro atoms. The van der Waals surface area contributed by atoms with Crippen molar-refractivity contribution in [2.24, 2.45) is 11.8 Å². The Kier molecular flexibility index (Phi) is 6.45. The summed E-state index contributed by atoms with van der Waals surface area (Å²) in [6.45, 7) is 15.9. The monoisotopic (exact) mass is 330 g/mol. The van der Waals surface area contributed by atoms with Crippen LogP contribution in [0.4, 0.5) is 5.69 Å². The third kappa shape index (κ3) is 4.83. The van der Waals surface area contributed by atoms with E-state index in [1.807, 2.05) is 0 Å². The molecule has 0 saturated carbocycles. The van der Waals surface area contributed by atoms with E-state index in [-0.39, 0.29) is 5.91 Å². The fourth-order valence-corrected chi connectivity index (χ4v) is 4.00. The van der Waals surface area contributed by atoms with E-state index in [1.54, 1.807) is 0 Å². The largest absolute Gasteiger partial charge is 0.324 e. The Morgan fingerprint density at radius 3 is 2.04 bits per heavy atom. The molecular weight excluding hydrogens is 296 g/mol. The predicted octanol–water partition coefficient (Wildman–Crippen LogP) is 4.85. The van der Waals surface area contributed by atoms with Crippen LogP contribution in [0, 0.1) is 11.8 Å². The molecule has 1 amide bonds. The van der Waals surface area contributed by atoms with Gasteiger partial charge >= 0.3 is 0 Å². The van der Waals surface area contributed by atoms with E-state index >= 15 is 0 Å². The van der Waals surface area contributed by atoms with Gasteiger partial charge in [0.15, 0.2) is 0 Å². The van der Waals surface area contributed by atoms with Crippen LogP contribution >= 0.6 is 0 Å². The molecule has 0 aromatic heterocycles. The number of anilines is 1. The maximum Gasteiger partial charge on any atom is 0.238 e. The van der Waals surface area contributed by atoms with Crippen LogP contribution in [0.1, 0.15) is 70.9 Å². The van der Waals surface area contributed by atoms with E-state index in [4.69, 9.17) is 0 Å². The maximum absolute atomic E-state index is 12.7. The fourth-order valence-electron chi connectivity index (χ4n) is 4.00. The van der Waals surface area contributed by atoms with Gasteiger partial charge in [-0.1, -0.05) is 59.7 Å². The van der Waals surface area contributed by atoms with Gasteiger partial charge in [0.1, 0.15) is 0 Å². The second kappa shape index (κ2) is 8.15. The van der Waals surface area contributed by atoms with Crippen LogP contribution < -0.4 is 5.32 Å². The number of rotatable bonds is 5. The molecule has 1 heterocycles. The molecule has 1 aromatic carbocycles. The first kappa shape index (κ1) is 19.0. The van der Waals surface area contributed by atoms with Crippen molar-refractivity contribution in [2.45, 2.75) is 59.8 Å². The minimum absolute atomic E-state index is 0.117. The number of carbonyl (C=O) groups is 1. The summed E-state index contributed by atoms with van der Waals surface area (Å²) in [6, 6.07) is 6.38. The van der Waals surface area contributed by atoms with Crippen LogP contribution in [-0.4, -0.2) is 30.4 Å². The van der Waals surface area contributed by atoms with Crippen LogP contribution in [0.5, 0.6) is 0 Å². The molecule has 2 atom stereocenters. The second-order valence-corrected chi connectivity index (χ2v) is 8.31. The van der Waals surface area contributed by atoms with Crippen molar-refractivity contribution in [3.63, 3.8) is 0 Å². The molecule has 24 heavy (non-hydrogen) atoms. The first-order valence-corrected chi connectivity index (χ1v) is 9.42. The zero-order valence-corrected chi connectivity index (χ0v) is 16.2. The average molecular weight is 331 g/mol. The molecule has 0 radical (unpaired) electrons. The lowest BCUT2D eigenvalue weighted by Gasteiger charge is -2.34. The van der Waals surface area contributed by atoms with Gasteiger partial charge in [0.05, 0.1) is 6.54 Å². The molecule has 0 unspecified atom stereocenters. The Hall–Kier alpha value is -1.35. The summed E-state index contributed by atoms with van der Waals surface area (Å²) in [6.07, 6.45) is 1.27. The normalized spacial score (nSPS) is 22.2. The molecule has 1 fully saturated rings. The highest BCUT2D eigenvalue weighted by atomic mass is 16.2. The lowest BCUT2D eigenvalue weighted by Crippen LogP contribution is -2.43. The number of benzene rings is 1. The number of para-hydroxylation sites is 1. The zero-order valence-electron chi connectivity index (χ0n) is 16.2. The molecule has 0 aliphatic carbocycles. The van der Waals surface area contributed by atoms with Crippen molar-refractivity contribution in [1.29, 1.82) is 0 Å². The molecule has 1 aliphatic heterocycles. The van der Waals surface area contributed by atoms with E-state index in [0.717, 1.165) is 18.8 Å². The lowest BCUT2D eigenvalue weighted by atomic mass is 9.91. The van der Waals surface area contributed by atoms with Gasteiger partial charge < -0.3 is 5.32 Å². The zero-order chi connectivity index (χ0) is 17.9. The number of carbonyl (C=O) groups excluding carboxylic acids is 1. The molecule has 0 bridgehead atoms. The first-order chi connectivity index (χ1) is 11.3. The average Bonchev–Trinajstić information content (AvgIpc) is 2.45. The van der Waals surface area contributed by atoms with E-state index in [2.05, 4.69) is 70.0 Å². The second-order valence-electron chi connectivity index (χ2n) is 8.31. The minimum Gasteiger partial charge on any atom is -0.324 e. The maximum atomic E-state index is 12.7. The fraction of sp³-hybridized carbons (Fsp3) is 0.667.